The lowest BCUT2D eigenvalue weighted by molar-refractivity contribution is 0.0923. The minimum atomic E-state index is -0.228. The van der Waals surface area contributed by atoms with Crippen molar-refractivity contribution in [3.05, 3.63) is 28.2 Å². The van der Waals surface area contributed by atoms with Crippen LogP contribution >= 0.6 is 28.3 Å². The Hall–Kier alpha value is -0.780. The summed E-state index contributed by atoms with van der Waals surface area (Å²) in [6, 6.07) is 5.26. The van der Waals surface area contributed by atoms with E-state index in [2.05, 4.69) is 21.2 Å². The maximum absolute atomic E-state index is 12.0. The standard InChI is InChI=1S/C13H17BrN2O2.ClH/c14-8-1-6-12(17)11(7-8)13(18)16-10-4-2-9(15)3-5-10;/h1,6-7,9-10,17H,2-5,15H2,(H,16,18);1H. The van der Waals surface area contributed by atoms with Gasteiger partial charge < -0.3 is 16.2 Å². The van der Waals surface area contributed by atoms with Gasteiger partial charge in [-0.3, -0.25) is 4.79 Å². The van der Waals surface area contributed by atoms with E-state index in [1.165, 1.54) is 6.07 Å². The molecule has 0 unspecified atom stereocenters. The first-order chi connectivity index (χ1) is 8.56. The second kappa shape index (κ2) is 7.12. The molecular weight excluding hydrogens is 332 g/mol. The third-order valence-electron chi connectivity index (χ3n) is 3.31. The van der Waals surface area contributed by atoms with Gasteiger partial charge in [-0.05, 0) is 43.9 Å². The fourth-order valence-electron chi connectivity index (χ4n) is 2.22. The minimum absolute atomic E-state index is 0. The molecule has 6 heteroatoms. The molecule has 1 aromatic rings. The maximum Gasteiger partial charge on any atom is 0.255 e. The quantitative estimate of drug-likeness (QED) is 0.768. The Morgan fingerprint density at radius 2 is 1.95 bits per heavy atom. The van der Waals surface area contributed by atoms with Crippen LogP contribution in [0.1, 0.15) is 36.0 Å². The molecule has 1 aromatic carbocycles. The van der Waals surface area contributed by atoms with Crippen molar-refractivity contribution in [2.75, 3.05) is 0 Å². The molecule has 1 amide bonds. The highest BCUT2D eigenvalue weighted by Crippen LogP contribution is 2.23. The number of nitrogens with one attached hydrogen (secondary N) is 1. The molecule has 4 nitrogen and oxygen atoms in total. The van der Waals surface area contributed by atoms with E-state index >= 15 is 0 Å². The molecule has 0 aromatic heterocycles. The summed E-state index contributed by atoms with van der Waals surface area (Å²) in [4.78, 5) is 12.0. The highest BCUT2D eigenvalue weighted by molar-refractivity contribution is 9.10. The zero-order valence-corrected chi connectivity index (χ0v) is 12.8. The summed E-state index contributed by atoms with van der Waals surface area (Å²) in [7, 11) is 0. The van der Waals surface area contributed by atoms with Crippen LogP contribution in [0.3, 0.4) is 0 Å². The van der Waals surface area contributed by atoms with Crippen LogP contribution in [0.15, 0.2) is 22.7 Å². The van der Waals surface area contributed by atoms with Gasteiger partial charge in [0.2, 0.25) is 0 Å². The summed E-state index contributed by atoms with van der Waals surface area (Å²) in [5.74, 6) is -0.225. The molecule has 0 saturated heterocycles. The molecule has 106 valence electrons. The van der Waals surface area contributed by atoms with Crippen LogP contribution in [0.2, 0.25) is 0 Å². The lowest BCUT2D eigenvalue weighted by Crippen LogP contribution is -2.40. The summed E-state index contributed by atoms with van der Waals surface area (Å²) in [6.45, 7) is 0. The van der Waals surface area contributed by atoms with E-state index in [1.807, 2.05) is 0 Å². The molecule has 0 heterocycles. The zero-order chi connectivity index (χ0) is 13.1. The number of benzene rings is 1. The molecule has 2 rings (SSSR count). The van der Waals surface area contributed by atoms with E-state index in [0.717, 1.165) is 30.2 Å². The first-order valence-corrected chi connectivity index (χ1v) is 6.90. The fraction of sp³-hybridized carbons (Fsp3) is 0.462. The number of hydrogen-bond acceptors (Lipinski definition) is 3. The average molecular weight is 350 g/mol. The van der Waals surface area contributed by atoms with Gasteiger partial charge in [-0.2, -0.15) is 0 Å². The van der Waals surface area contributed by atoms with Gasteiger partial charge >= 0.3 is 0 Å². The molecule has 0 atom stereocenters. The SMILES string of the molecule is Cl.NC1CCC(NC(=O)c2cc(Br)ccc2O)CC1. The van der Waals surface area contributed by atoms with Crippen molar-refractivity contribution < 1.29 is 9.90 Å². The van der Waals surface area contributed by atoms with Crippen molar-refractivity contribution in [3.63, 3.8) is 0 Å². The highest BCUT2D eigenvalue weighted by atomic mass is 79.9. The summed E-state index contributed by atoms with van der Waals surface area (Å²) in [6.07, 6.45) is 3.69. The van der Waals surface area contributed by atoms with Crippen molar-refractivity contribution in [1.29, 1.82) is 0 Å². The number of phenolic OH excluding ortho intramolecular Hbond substituents is 1. The summed E-state index contributed by atoms with van der Waals surface area (Å²) in [5, 5.41) is 12.6. The molecular formula is C13H18BrClN2O2. The normalized spacial score (nSPS) is 22.4. The number of phenols is 1. The van der Waals surface area contributed by atoms with Crippen molar-refractivity contribution >= 4 is 34.2 Å². The number of halogens is 2. The molecule has 1 saturated carbocycles. The zero-order valence-electron chi connectivity index (χ0n) is 10.4. The molecule has 1 aliphatic rings. The van der Waals surface area contributed by atoms with E-state index in [-0.39, 0.29) is 36.1 Å². The minimum Gasteiger partial charge on any atom is -0.507 e. The van der Waals surface area contributed by atoms with Gasteiger partial charge in [-0.1, -0.05) is 15.9 Å². The molecule has 1 aliphatic carbocycles. The third kappa shape index (κ3) is 4.37. The van der Waals surface area contributed by atoms with Gasteiger partial charge in [-0.25, -0.2) is 0 Å². The summed E-state index contributed by atoms with van der Waals surface area (Å²) in [5.41, 5.74) is 6.13. The second-order valence-electron chi connectivity index (χ2n) is 4.75. The number of carbonyl (C=O) groups excluding carboxylic acids is 1. The Balaban J connectivity index is 0.00000180. The molecule has 1 fully saturated rings. The van der Waals surface area contributed by atoms with Crippen LogP contribution in [-0.4, -0.2) is 23.1 Å². The van der Waals surface area contributed by atoms with Crippen LogP contribution in [0.25, 0.3) is 0 Å². The van der Waals surface area contributed by atoms with Gasteiger partial charge in [0.05, 0.1) is 5.56 Å². The number of carbonyl (C=O) groups is 1. The largest absolute Gasteiger partial charge is 0.507 e. The molecule has 0 radical (unpaired) electrons. The molecule has 4 N–H and O–H groups in total. The smallest absolute Gasteiger partial charge is 0.255 e. The summed E-state index contributed by atoms with van der Waals surface area (Å²) < 4.78 is 0.774. The van der Waals surface area contributed by atoms with E-state index in [4.69, 9.17) is 5.73 Å². The van der Waals surface area contributed by atoms with E-state index in [1.54, 1.807) is 12.1 Å². The molecule has 0 aliphatic heterocycles. The molecule has 19 heavy (non-hydrogen) atoms. The van der Waals surface area contributed by atoms with Gasteiger partial charge in [0.1, 0.15) is 5.75 Å². The Morgan fingerprint density at radius 3 is 2.58 bits per heavy atom. The molecule has 0 bridgehead atoms. The Kier molecular flexibility index (Phi) is 6.10. The highest BCUT2D eigenvalue weighted by Gasteiger charge is 2.21. The Morgan fingerprint density at radius 1 is 1.32 bits per heavy atom. The number of hydrogen-bond donors (Lipinski definition) is 3. The fourth-order valence-corrected chi connectivity index (χ4v) is 2.58. The van der Waals surface area contributed by atoms with Gasteiger partial charge in [0.15, 0.2) is 0 Å². The van der Waals surface area contributed by atoms with E-state index < -0.39 is 0 Å². The first kappa shape index (κ1) is 16.3. The topological polar surface area (TPSA) is 75.3 Å². The number of nitrogens with two attached hydrogens (primary N) is 1. The van der Waals surface area contributed by atoms with Crippen molar-refractivity contribution in [2.45, 2.75) is 37.8 Å². The monoisotopic (exact) mass is 348 g/mol. The Labute approximate surface area is 127 Å². The van der Waals surface area contributed by atoms with Crippen molar-refractivity contribution in [3.8, 4) is 5.75 Å². The van der Waals surface area contributed by atoms with Crippen molar-refractivity contribution in [1.82, 2.24) is 5.32 Å². The summed E-state index contributed by atoms with van der Waals surface area (Å²) >= 11 is 3.29. The van der Waals surface area contributed by atoms with Crippen LogP contribution in [-0.2, 0) is 0 Å². The molecule has 0 spiro atoms. The first-order valence-electron chi connectivity index (χ1n) is 6.11. The van der Waals surface area contributed by atoms with Gasteiger partial charge in [0, 0.05) is 16.6 Å². The predicted octanol–water partition coefficient (Wildman–Crippen LogP) is 2.58. The van der Waals surface area contributed by atoms with Crippen LogP contribution in [0.5, 0.6) is 5.75 Å². The third-order valence-corrected chi connectivity index (χ3v) is 3.80. The number of aromatic hydroxyl groups is 1. The van der Waals surface area contributed by atoms with Gasteiger partial charge in [-0.15, -0.1) is 12.4 Å². The lowest BCUT2D eigenvalue weighted by Gasteiger charge is -2.26. The van der Waals surface area contributed by atoms with E-state index in [9.17, 15) is 9.90 Å². The van der Waals surface area contributed by atoms with Crippen LogP contribution in [0, 0.1) is 0 Å². The average Bonchev–Trinajstić information content (AvgIpc) is 2.35. The number of amides is 1. The van der Waals surface area contributed by atoms with Crippen molar-refractivity contribution in [2.24, 2.45) is 5.73 Å². The Bertz CT molecular complexity index is 448. The second-order valence-corrected chi connectivity index (χ2v) is 5.66. The predicted molar refractivity (Wildman–Crippen MR) is 80.8 cm³/mol. The maximum atomic E-state index is 12.0. The van der Waals surface area contributed by atoms with Crippen LogP contribution in [0.4, 0.5) is 0 Å². The van der Waals surface area contributed by atoms with Gasteiger partial charge in [0.25, 0.3) is 5.91 Å². The van der Waals surface area contributed by atoms with Crippen LogP contribution < -0.4 is 11.1 Å². The van der Waals surface area contributed by atoms with E-state index in [0.29, 0.717) is 5.56 Å². The lowest BCUT2D eigenvalue weighted by atomic mass is 9.91. The number of rotatable bonds is 2.